The maximum atomic E-state index is 11.7. The summed E-state index contributed by atoms with van der Waals surface area (Å²) >= 11 is 12.5. The topological polar surface area (TPSA) is 53.4 Å². The average Bonchev–Trinajstić information content (AvgIpc) is 3.22. The van der Waals surface area contributed by atoms with Gasteiger partial charge in [0.05, 0.1) is 30.5 Å². The van der Waals surface area contributed by atoms with Crippen molar-refractivity contribution in [3.05, 3.63) is 94.1 Å². The van der Waals surface area contributed by atoms with Gasteiger partial charge in [-0.05, 0) is 60.2 Å². The highest BCUT2D eigenvalue weighted by Gasteiger charge is 2.15. The summed E-state index contributed by atoms with van der Waals surface area (Å²) in [5, 5.41) is 1.10. The molecular formula is C25H20Cl2N2O3. The number of rotatable bonds is 6. The van der Waals surface area contributed by atoms with Crippen molar-refractivity contribution < 1.29 is 14.3 Å². The lowest BCUT2D eigenvalue weighted by atomic mass is 10.1. The van der Waals surface area contributed by atoms with E-state index < -0.39 is 0 Å². The van der Waals surface area contributed by atoms with E-state index in [4.69, 9.17) is 37.7 Å². The normalized spacial score (nSPS) is 10.8. The van der Waals surface area contributed by atoms with E-state index in [-0.39, 0.29) is 5.97 Å². The van der Waals surface area contributed by atoms with E-state index >= 15 is 0 Å². The molecule has 162 valence electrons. The number of carbonyl (C=O) groups is 1. The molecule has 0 radical (unpaired) electrons. The minimum absolute atomic E-state index is 0.363. The molecule has 0 spiro atoms. The van der Waals surface area contributed by atoms with Crippen molar-refractivity contribution in [1.29, 1.82) is 0 Å². The van der Waals surface area contributed by atoms with Crippen LogP contribution in [0.5, 0.6) is 5.75 Å². The Morgan fingerprint density at radius 2 is 1.69 bits per heavy atom. The fourth-order valence-corrected chi connectivity index (χ4v) is 3.90. The molecule has 4 rings (SSSR count). The Bertz CT molecular complexity index is 1250. The van der Waals surface area contributed by atoms with Crippen molar-refractivity contribution in [3.8, 4) is 28.4 Å². The van der Waals surface area contributed by atoms with Crippen LogP contribution in [-0.4, -0.2) is 29.7 Å². The van der Waals surface area contributed by atoms with Gasteiger partial charge in [0.2, 0.25) is 0 Å². The number of hydrogen-bond acceptors (Lipinski definition) is 4. The van der Waals surface area contributed by atoms with Crippen LogP contribution in [0.3, 0.4) is 0 Å². The Kier molecular flexibility index (Phi) is 6.49. The summed E-state index contributed by atoms with van der Waals surface area (Å²) in [6, 6.07) is 20.4. The van der Waals surface area contributed by atoms with Crippen molar-refractivity contribution in [2.24, 2.45) is 0 Å². The quantitative estimate of drug-likeness (QED) is 0.310. The fraction of sp³-hybridized carbons (Fsp3) is 0.120. The molecule has 0 N–H and O–H groups in total. The maximum Gasteiger partial charge on any atom is 0.337 e. The second-order valence-electron chi connectivity index (χ2n) is 7.12. The standard InChI is InChI=1S/C25H20Cl2N2O3/c1-31-20-10-7-17(8-11-20)24-28-23(21-12-9-19(26)13-22(21)27)15-29(24)14-16-3-5-18(6-4-16)25(30)32-2/h3-13,15H,14H2,1-2H3. The molecule has 5 nitrogen and oxygen atoms in total. The molecule has 1 heterocycles. The van der Waals surface area contributed by atoms with Gasteiger partial charge in [-0.15, -0.1) is 0 Å². The lowest BCUT2D eigenvalue weighted by Crippen LogP contribution is -2.03. The Hall–Kier alpha value is -3.28. The third-order valence-electron chi connectivity index (χ3n) is 5.06. The summed E-state index contributed by atoms with van der Waals surface area (Å²) in [6.45, 7) is 0.557. The van der Waals surface area contributed by atoms with Gasteiger partial charge in [-0.2, -0.15) is 0 Å². The number of methoxy groups -OCH3 is 2. The molecule has 4 aromatic rings. The van der Waals surface area contributed by atoms with Gasteiger partial charge >= 0.3 is 5.97 Å². The number of hydrogen-bond donors (Lipinski definition) is 0. The predicted molar refractivity (Wildman–Crippen MR) is 127 cm³/mol. The molecule has 32 heavy (non-hydrogen) atoms. The summed E-state index contributed by atoms with van der Waals surface area (Å²) < 4.78 is 12.1. The first-order chi connectivity index (χ1) is 15.5. The zero-order valence-corrected chi connectivity index (χ0v) is 19.0. The summed E-state index contributed by atoms with van der Waals surface area (Å²) in [5.41, 5.74) is 3.99. The van der Waals surface area contributed by atoms with Gasteiger partial charge in [-0.1, -0.05) is 35.3 Å². The van der Waals surface area contributed by atoms with E-state index in [0.717, 1.165) is 34.0 Å². The van der Waals surface area contributed by atoms with Crippen molar-refractivity contribution >= 4 is 29.2 Å². The highest BCUT2D eigenvalue weighted by molar-refractivity contribution is 6.36. The predicted octanol–water partition coefficient (Wildman–Crippen LogP) is 6.37. The van der Waals surface area contributed by atoms with Crippen LogP contribution in [0.2, 0.25) is 10.0 Å². The minimum Gasteiger partial charge on any atom is -0.497 e. The van der Waals surface area contributed by atoms with Crippen molar-refractivity contribution in [1.82, 2.24) is 9.55 Å². The molecule has 0 bridgehead atoms. The fourth-order valence-electron chi connectivity index (χ4n) is 3.39. The molecular weight excluding hydrogens is 447 g/mol. The molecule has 0 atom stereocenters. The van der Waals surface area contributed by atoms with Crippen LogP contribution < -0.4 is 4.74 Å². The van der Waals surface area contributed by atoms with Crippen LogP contribution in [0.15, 0.2) is 72.9 Å². The maximum absolute atomic E-state index is 11.7. The number of halogens is 2. The third kappa shape index (κ3) is 4.64. The lowest BCUT2D eigenvalue weighted by molar-refractivity contribution is 0.0600. The van der Waals surface area contributed by atoms with Gasteiger partial charge in [0.15, 0.2) is 0 Å². The van der Waals surface area contributed by atoms with Crippen LogP contribution >= 0.6 is 23.2 Å². The molecule has 0 unspecified atom stereocenters. The second-order valence-corrected chi connectivity index (χ2v) is 7.96. The number of carbonyl (C=O) groups excluding carboxylic acids is 1. The summed E-state index contributed by atoms with van der Waals surface area (Å²) in [4.78, 5) is 16.6. The number of nitrogens with zero attached hydrogens (tertiary/aromatic N) is 2. The molecule has 0 aliphatic rings. The Balaban J connectivity index is 1.75. The molecule has 3 aromatic carbocycles. The third-order valence-corrected chi connectivity index (χ3v) is 5.61. The Labute approximate surface area is 196 Å². The van der Waals surface area contributed by atoms with Gasteiger partial charge in [0.1, 0.15) is 11.6 Å². The molecule has 0 amide bonds. The lowest BCUT2D eigenvalue weighted by Gasteiger charge is -2.09. The first kappa shape index (κ1) is 21.9. The van der Waals surface area contributed by atoms with Crippen molar-refractivity contribution in [3.63, 3.8) is 0 Å². The molecule has 0 saturated heterocycles. The van der Waals surface area contributed by atoms with Gasteiger partial charge < -0.3 is 14.0 Å². The minimum atomic E-state index is -0.363. The largest absolute Gasteiger partial charge is 0.497 e. The number of aromatic nitrogens is 2. The van der Waals surface area contributed by atoms with E-state index in [9.17, 15) is 4.79 Å². The van der Waals surface area contributed by atoms with Crippen LogP contribution in [0.25, 0.3) is 22.6 Å². The van der Waals surface area contributed by atoms with E-state index in [2.05, 4.69) is 4.57 Å². The average molecular weight is 467 g/mol. The SMILES string of the molecule is COC(=O)c1ccc(Cn2cc(-c3ccc(Cl)cc3Cl)nc2-c2ccc(OC)cc2)cc1. The van der Waals surface area contributed by atoms with Gasteiger partial charge in [-0.25, -0.2) is 9.78 Å². The second kappa shape index (κ2) is 9.47. The van der Waals surface area contributed by atoms with E-state index in [1.165, 1.54) is 7.11 Å². The van der Waals surface area contributed by atoms with Gasteiger partial charge in [0, 0.05) is 28.9 Å². The monoisotopic (exact) mass is 466 g/mol. The molecule has 1 aromatic heterocycles. The molecule has 0 saturated carbocycles. The van der Waals surface area contributed by atoms with E-state index in [0.29, 0.717) is 22.2 Å². The highest BCUT2D eigenvalue weighted by Crippen LogP contribution is 2.32. The zero-order chi connectivity index (χ0) is 22.7. The Morgan fingerprint density at radius 1 is 0.969 bits per heavy atom. The molecule has 0 aliphatic heterocycles. The van der Waals surface area contributed by atoms with Crippen LogP contribution in [0, 0.1) is 0 Å². The Morgan fingerprint density at radius 3 is 2.31 bits per heavy atom. The number of esters is 1. The van der Waals surface area contributed by atoms with Crippen molar-refractivity contribution in [2.75, 3.05) is 14.2 Å². The van der Waals surface area contributed by atoms with E-state index in [1.54, 1.807) is 31.4 Å². The van der Waals surface area contributed by atoms with Gasteiger partial charge in [-0.3, -0.25) is 0 Å². The van der Waals surface area contributed by atoms with Gasteiger partial charge in [0.25, 0.3) is 0 Å². The molecule has 0 aliphatic carbocycles. The summed E-state index contributed by atoms with van der Waals surface area (Å²) in [7, 11) is 3.00. The number of ether oxygens (including phenoxy) is 2. The molecule has 0 fully saturated rings. The van der Waals surface area contributed by atoms with Crippen LogP contribution in [0.1, 0.15) is 15.9 Å². The zero-order valence-electron chi connectivity index (χ0n) is 17.5. The smallest absolute Gasteiger partial charge is 0.337 e. The van der Waals surface area contributed by atoms with Crippen molar-refractivity contribution in [2.45, 2.75) is 6.54 Å². The molecule has 7 heteroatoms. The number of benzene rings is 3. The first-order valence-electron chi connectivity index (χ1n) is 9.83. The highest BCUT2D eigenvalue weighted by atomic mass is 35.5. The summed E-state index contributed by atoms with van der Waals surface area (Å²) in [5.74, 6) is 1.19. The first-order valence-corrected chi connectivity index (χ1v) is 10.6. The van der Waals surface area contributed by atoms with Crippen LogP contribution in [-0.2, 0) is 11.3 Å². The van der Waals surface area contributed by atoms with Crippen LogP contribution in [0.4, 0.5) is 0 Å². The summed E-state index contributed by atoms with van der Waals surface area (Å²) in [6.07, 6.45) is 1.96. The number of imidazole rings is 1. The van der Waals surface area contributed by atoms with E-state index in [1.807, 2.05) is 48.7 Å².